The molecule has 2 heterocycles. The summed E-state index contributed by atoms with van der Waals surface area (Å²) < 4.78 is 13.4. The van der Waals surface area contributed by atoms with Gasteiger partial charge in [0.1, 0.15) is 5.82 Å². The van der Waals surface area contributed by atoms with Crippen molar-refractivity contribution in [1.82, 2.24) is 15.1 Å². The van der Waals surface area contributed by atoms with E-state index in [9.17, 15) is 14.0 Å². The molecule has 0 spiro atoms. The van der Waals surface area contributed by atoms with E-state index in [0.29, 0.717) is 26.1 Å². The van der Waals surface area contributed by atoms with Crippen molar-refractivity contribution in [2.45, 2.75) is 19.9 Å². The van der Waals surface area contributed by atoms with E-state index < -0.39 is 0 Å². The molecule has 0 atom stereocenters. The number of benzene rings is 1. The first-order valence-electron chi connectivity index (χ1n) is 9.10. The molecule has 1 saturated heterocycles. The zero-order chi connectivity index (χ0) is 19.2. The summed E-state index contributed by atoms with van der Waals surface area (Å²) in [5.41, 5.74) is 0.904. The van der Waals surface area contributed by atoms with Crippen LogP contribution in [0, 0.1) is 5.82 Å². The molecule has 0 unspecified atom stereocenters. The van der Waals surface area contributed by atoms with E-state index in [4.69, 9.17) is 0 Å². The van der Waals surface area contributed by atoms with Crippen molar-refractivity contribution in [3.05, 3.63) is 47.1 Å². The van der Waals surface area contributed by atoms with Gasteiger partial charge in [0.05, 0.1) is 0 Å². The van der Waals surface area contributed by atoms with Gasteiger partial charge in [-0.3, -0.25) is 14.5 Å². The minimum atomic E-state index is -0.221. The number of nitrogens with one attached hydrogen (secondary N) is 1. The maximum Gasteiger partial charge on any atom is 0.224 e. The Morgan fingerprint density at radius 1 is 1.15 bits per heavy atom. The molecule has 5 nitrogen and oxygen atoms in total. The molecule has 2 amide bonds. The highest BCUT2D eigenvalue weighted by atomic mass is 32.1. The lowest BCUT2D eigenvalue weighted by molar-refractivity contribution is -0.133. The smallest absolute Gasteiger partial charge is 0.224 e. The van der Waals surface area contributed by atoms with E-state index in [-0.39, 0.29) is 17.6 Å². The van der Waals surface area contributed by atoms with Gasteiger partial charge in [-0.2, -0.15) is 0 Å². The Balaban J connectivity index is 1.47. The fourth-order valence-electron chi connectivity index (χ4n) is 3.14. The predicted molar refractivity (Wildman–Crippen MR) is 105 cm³/mol. The molecule has 1 aliphatic heterocycles. The fourth-order valence-corrected chi connectivity index (χ4v) is 4.19. The third kappa shape index (κ3) is 5.61. The van der Waals surface area contributed by atoms with Crippen LogP contribution in [-0.4, -0.2) is 54.3 Å². The zero-order valence-corrected chi connectivity index (χ0v) is 16.2. The first-order valence-corrected chi connectivity index (χ1v) is 9.92. The van der Waals surface area contributed by atoms with E-state index in [0.717, 1.165) is 30.1 Å². The summed E-state index contributed by atoms with van der Waals surface area (Å²) >= 11 is 1.68. The van der Waals surface area contributed by atoms with Gasteiger partial charge >= 0.3 is 0 Å². The third-order valence-electron chi connectivity index (χ3n) is 4.59. The zero-order valence-electron chi connectivity index (χ0n) is 15.4. The number of carbonyl (C=O) groups is 2. The maximum absolute atomic E-state index is 13.4. The van der Waals surface area contributed by atoms with Crippen LogP contribution in [0.5, 0.6) is 0 Å². The Bertz CT molecular complexity index is 800. The van der Waals surface area contributed by atoms with E-state index in [2.05, 4.69) is 16.3 Å². The van der Waals surface area contributed by atoms with Crippen molar-refractivity contribution in [1.29, 1.82) is 0 Å². The van der Waals surface area contributed by atoms with Crippen LogP contribution in [-0.2, 0) is 16.1 Å². The van der Waals surface area contributed by atoms with Crippen molar-refractivity contribution >= 4 is 23.2 Å². The lowest BCUT2D eigenvalue weighted by atomic mass is 10.2. The predicted octanol–water partition coefficient (Wildman–Crippen LogP) is 2.72. The number of piperazine rings is 1. The second-order valence-corrected chi connectivity index (χ2v) is 7.83. The molecular formula is C20H24FN3O2S. The average molecular weight is 389 g/mol. The highest BCUT2D eigenvalue weighted by Crippen LogP contribution is 2.29. The Hall–Kier alpha value is -2.25. The van der Waals surface area contributed by atoms with Gasteiger partial charge in [-0.05, 0) is 29.8 Å². The van der Waals surface area contributed by atoms with Gasteiger partial charge in [0.15, 0.2) is 0 Å². The van der Waals surface area contributed by atoms with Gasteiger partial charge in [0.2, 0.25) is 11.8 Å². The SMILES string of the molecule is CC(=O)NCCC(=O)N1CCN(Cc2ccc(-c3cccc(F)c3)s2)CC1. The molecule has 1 aromatic carbocycles. The highest BCUT2D eigenvalue weighted by Gasteiger charge is 2.21. The molecule has 0 radical (unpaired) electrons. The molecular weight excluding hydrogens is 365 g/mol. The molecule has 3 rings (SSSR count). The molecule has 0 saturated carbocycles. The van der Waals surface area contributed by atoms with Gasteiger partial charge in [0.25, 0.3) is 0 Å². The van der Waals surface area contributed by atoms with Crippen LogP contribution in [0.3, 0.4) is 0 Å². The summed E-state index contributed by atoms with van der Waals surface area (Å²) in [5, 5.41) is 2.66. The van der Waals surface area contributed by atoms with E-state index >= 15 is 0 Å². The first kappa shape index (κ1) is 19.5. The monoisotopic (exact) mass is 389 g/mol. The van der Waals surface area contributed by atoms with Crippen LogP contribution < -0.4 is 5.32 Å². The van der Waals surface area contributed by atoms with Crippen molar-refractivity contribution in [2.24, 2.45) is 0 Å². The first-order chi connectivity index (χ1) is 13.0. The summed E-state index contributed by atoms with van der Waals surface area (Å²) in [5.74, 6) is -0.240. The number of carbonyl (C=O) groups excluding carboxylic acids is 2. The Morgan fingerprint density at radius 3 is 2.63 bits per heavy atom. The number of hydrogen-bond donors (Lipinski definition) is 1. The van der Waals surface area contributed by atoms with Gasteiger partial charge < -0.3 is 10.2 Å². The molecule has 27 heavy (non-hydrogen) atoms. The summed E-state index contributed by atoms with van der Waals surface area (Å²) in [7, 11) is 0. The molecule has 7 heteroatoms. The quantitative estimate of drug-likeness (QED) is 0.827. The number of thiophene rings is 1. The topological polar surface area (TPSA) is 52.7 Å². The van der Waals surface area contributed by atoms with Crippen LogP contribution in [0.25, 0.3) is 10.4 Å². The van der Waals surface area contributed by atoms with Gasteiger partial charge in [-0.15, -0.1) is 11.3 Å². The van der Waals surface area contributed by atoms with Crippen molar-refractivity contribution in [2.75, 3.05) is 32.7 Å². The Labute approximate surface area is 162 Å². The lowest BCUT2D eigenvalue weighted by Gasteiger charge is -2.34. The summed E-state index contributed by atoms with van der Waals surface area (Å²) in [6, 6.07) is 10.8. The molecule has 1 aliphatic rings. The van der Waals surface area contributed by atoms with Crippen LogP contribution in [0.2, 0.25) is 0 Å². The van der Waals surface area contributed by atoms with Crippen LogP contribution in [0.1, 0.15) is 18.2 Å². The number of halogens is 1. The lowest BCUT2D eigenvalue weighted by Crippen LogP contribution is -2.48. The third-order valence-corrected chi connectivity index (χ3v) is 5.71. The number of amides is 2. The Morgan fingerprint density at radius 2 is 1.93 bits per heavy atom. The highest BCUT2D eigenvalue weighted by molar-refractivity contribution is 7.15. The van der Waals surface area contributed by atoms with Gasteiger partial charge in [-0.25, -0.2) is 4.39 Å². The van der Waals surface area contributed by atoms with E-state index in [1.165, 1.54) is 17.9 Å². The maximum atomic E-state index is 13.4. The number of nitrogens with zero attached hydrogens (tertiary/aromatic N) is 2. The minimum absolute atomic E-state index is 0.0907. The molecule has 2 aromatic rings. The molecule has 0 aliphatic carbocycles. The van der Waals surface area contributed by atoms with Gasteiger partial charge in [0, 0.05) is 62.4 Å². The Kier molecular flexibility index (Phi) is 6.58. The minimum Gasteiger partial charge on any atom is -0.356 e. The molecule has 1 fully saturated rings. The van der Waals surface area contributed by atoms with E-state index in [1.807, 2.05) is 17.0 Å². The second-order valence-electron chi connectivity index (χ2n) is 6.67. The number of rotatable bonds is 6. The average Bonchev–Trinajstić information content (AvgIpc) is 3.10. The summed E-state index contributed by atoms with van der Waals surface area (Å²) in [6.07, 6.45) is 0.349. The standard InChI is InChI=1S/C20H24FN3O2S/c1-15(25)22-8-7-20(26)24-11-9-23(10-12-24)14-18-5-6-19(27-18)16-3-2-4-17(21)13-16/h2-6,13H,7-12,14H2,1H3,(H,22,25). The van der Waals surface area contributed by atoms with Crippen molar-refractivity contribution in [3.63, 3.8) is 0 Å². The summed E-state index contributed by atoms with van der Waals surface area (Å²) in [4.78, 5) is 29.5. The van der Waals surface area contributed by atoms with Crippen molar-refractivity contribution in [3.8, 4) is 10.4 Å². The fraction of sp³-hybridized carbons (Fsp3) is 0.400. The summed E-state index contributed by atoms with van der Waals surface area (Å²) in [6.45, 7) is 5.77. The van der Waals surface area contributed by atoms with Crippen LogP contribution >= 0.6 is 11.3 Å². The van der Waals surface area contributed by atoms with Crippen LogP contribution in [0.4, 0.5) is 4.39 Å². The molecule has 144 valence electrons. The molecule has 1 aromatic heterocycles. The van der Waals surface area contributed by atoms with Crippen molar-refractivity contribution < 1.29 is 14.0 Å². The van der Waals surface area contributed by atoms with E-state index in [1.54, 1.807) is 23.5 Å². The number of hydrogen-bond acceptors (Lipinski definition) is 4. The normalized spacial score (nSPS) is 15.0. The molecule has 1 N–H and O–H groups in total. The largest absolute Gasteiger partial charge is 0.356 e. The second kappa shape index (κ2) is 9.10. The van der Waals surface area contributed by atoms with Gasteiger partial charge in [-0.1, -0.05) is 12.1 Å². The van der Waals surface area contributed by atoms with Crippen LogP contribution in [0.15, 0.2) is 36.4 Å². The molecule has 0 bridgehead atoms.